The van der Waals surface area contributed by atoms with E-state index in [2.05, 4.69) is 15.0 Å². The lowest BCUT2D eigenvalue weighted by Crippen LogP contribution is -2.24. The number of likely N-dealkylation sites (tertiary alicyclic amines) is 1. The topological polar surface area (TPSA) is 42.2 Å². The van der Waals surface area contributed by atoms with Gasteiger partial charge in [-0.05, 0) is 25.9 Å². The number of hydrogen-bond donors (Lipinski definition) is 0. The van der Waals surface area contributed by atoms with Gasteiger partial charge in [0.05, 0.1) is 6.54 Å². The highest BCUT2D eigenvalue weighted by atomic mass is 35.5. The molecule has 88 valence electrons. The molecule has 1 aromatic rings. The standard InChI is InChI=1S/C9H15N3O.2ClH/c1-2-4-6-12(5-3-1)7-9-10-8-13-11-9;;/h8H,1-7H2;2*1H. The van der Waals surface area contributed by atoms with Crippen molar-refractivity contribution in [2.24, 2.45) is 0 Å². The molecular weight excluding hydrogens is 237 g/mol. The molecule has 1 fully saturated rings. The molecule has 0 N–H and O–H groups in total. The number of rotatable bonds is 2. The van der Waals surface area contributed by atoms with Gasteiger partial charge < -0.3 is 4.52 Å². The van der Waals surface area contributed by atoms with Crippen LogP contribution in [-0.2, 0) is 6.54 Å². The van der Waals surface area contributed by atoms with Gasteiger partial charge in [-0.25, -0.2) is 0 Å². The van der Waals surface area contributed by atoms with E-state index in [1.807, 2.05) is 0 Å². The summed E-state index contributed by atoms with van der Waals surface area (Å²) in [4.78, 5) is 6.42. The number of halogens is 2. The van der Waals surface area contributed by atoms with E-state index in [4.69, 9.17) is 4.52 Å². The second-order valence-electron chi connectivity index (χ2n) is 3.54. The lowest BCUT2D eigenvalue weighted by atomic mass is 10.2. The van der Waals surface area contributed by atoms with Gasteiger partial charge in [0.1, 0.15) is 0 Å². The van der Waals surface area contributed by atoms with Crippen molar-refractivity contribution >= 4 is 24.8 Å². The molecule has 0 aromatic carbocycles. The summed E-state index contributed by atoms with van der Waals surface area (Å²) in [6.07, 6.45) is 6.73. The van der Waals surface area contributed by atoms with Crippen molar-refractivity contribution in [1.82, 2.24) is 15.0 Å². The van der Waals surface area contributed by atoms with Crippen LogP contribution in [0.25, 0.3) is 0 Å². The van der Waals surface area contributed by atoms with Gasteiger partial charge in [-0.3, -0.25) is 4.90 Å². The van der Waals surface area contributed by atoms with Gasteiger partial charge >= 0.3 is 0 Å². The third kappa shape index (κ3) is 4.82. The lowest BCUT2D eigenvalue weighted by Gasteiger charge is -2.16. The Morgan fingerprint density at radius 2 is 1.80 bits per heavy atom. The van der Waals surface area contributed by atoms with Crippen LogP contribution >= 0.6 is 24.8 Å². The zero-order chi connectivity index (χ0) is 8.93. The Hall–Kier alpha value is -0.320. The highest BCUT2D eigenvalue weighted by Crippen LogP contribution is 2.11. The first-order valence-corrected chi connectivity index (χ1v) is 4.93. The zero-order valence-corrected chi connectivity index (χ0v) is 10.2. The Morgan fingerprint density at radius 3 is 2.33 bits per heavy atom. The highest BCUT2D eigenvalue weighted by molar-refractivity contribution is 5.85. The fourth-order valence-electron chi connectivity index (χ4n) is 1.76. The van der Waals surface area contributed by atoms with Crippen molar-refractivity contribution in [3.05, 3.63) is 12.2 Å². The molecule has 0 saturated carbocycles. The second kappa shape index (κ2) is 7.91. The molecule has 1 aliphatic heterocycles. The average Bonchev–Trinajstić information content (AvgIpc) is 2.49. The van der Waals surface area contributed by atoms with E-state index in [1.54, 1.807) is 0 Å². The van der Waals surface area contributed by atoms with Gasteiger partial charge in [-0.2, -0.15) is 4.98 Å². The third-order valence-electron chi connectivity index (χ3n) is 2.47. The maximum absolute atomic E-state index is 4.70. The normalized spacial score (nSPS) is 17.3. The van der Waals surface area contributed by atoms with Gasteiger partial charge in [0, 0.05) is 0 Å². The molecule has 0 aliphatic carbocycles. The molecule has 0 spiro atoms. The first-order valence-electron chi connectivity index (χ1n) is 4.93. The Labute approximate surface area is 102 Å². The molecule has 2 heterocycles. The maximum Gasteiger partial charge on any atom is 0.213 e. The van der Waals surface area contributed by atoms with Crippen LogP contribution in [0.4, 0.5) is 0 Å². The van der Waals surface area contributed by atoms with Gasteiger partial charge in [-0.1, -0.05) is 18.0 Å². The first kappa shape index (κ1) is 14.7. The number of nitrogens with zero attached hydrogens (tertiary/aromatic N) is 3. The molecule has 0 unspecified atom stereocenters. The highest BCUT2D eigenvalue weighted by Gasteiger charge is 2.11. The van der Waals surface area contributed by atoms with E-state index in [1.165, 1.54) is 45.2 Å². The number of aromatic nitrogens is 2. The molecule has 4 nitrogen and oxygen atoms in total. The Morgan fingerprint density at radius 1 is 1.13 bits per heavy atom. The fraction of sp³-hybridized carbons (Fsp3) is 0.778. The molecule has 1 saturated heterocycles. The van der Waals surface area contributed by atoms with Crippen molar-refractivity contribution in [2.45, 2.75) is 32.2 Å². The Balaban J connectivity index is 0.000000980. The quantitative estimate of drug-likeness (QED) is 0.812. The molecule has 2 rings (SSSR count). The minimum atomic E-state index is 0. The summed E-state index contributed by atoms with van der Waals surface area (Å²) in [6, 6.07) is 0. The van der Waals surface area contributed by atoms with E-state index in [-0.39, 0.29) is 24.8 Å². The van der Waals surface area contributed by atoms with E-state index in [0.717, 1.165) is 12.4 Å². The van der Waals surface area contributed by atoms with Crippen LogP contribution in [0.3, 0.4) is 0 Å². The van der Waals surface area contributed by atoms with Gasteiger partial charge in [0.15, 0.2) is 5.82 Å². The van der Waals surface area contributed by atoms with E-state index < -0.39 is 0 Å². The smallest absolute Gasteiger partial charge is 0.213 e. The van der Waals surface area contributed by atoms with Crippen molar-refractivity contribution < 1.29 is 4.52 Å². The molecular formula is C9H17Cl2N3O. The van der Waals surface area contributed by atoms with E-state index in [0.29, 0.717) is 0 Å². The van der Waals surface area contributed by atoms with Crippen LogP contribution in [0.15, 0.2) is 10.9 Å². The van der Waals surface area contributed by atoms with Crippen molar-refractivity contribution in [3.8, 4) is 0 Å². The van der Waals surface area contributed by atoms with Crippen molar-refractivity contribution in [2.75, 3.05) is 13.1 Å². The summed E-state index contributed by atoms with van der Waals surface area (Å²) in [7, 11) is 0. The lowest BCUT2D eigenvalue weighted by molar-refractivity contribution is 0.264. The summed E-state index contributed by atoms with van der Waals surface area (Å²) < 4.78 is 4.70. The van der Waals surface area contributed by atoms with Gasteiger partial charge in [-0.15, -0.1) is 24.8 Å². The van der Waals surface area contributed by atoms with Crippen LogP contribution in [0, 0.1) is 0 Å². The predicted molar refractivity (Wildman–Crippen MR) is 62.5 cm³/mol. The molecule has 1 aromatic heterocycles. The second-order valence-corrected chi connectivity index (χ2v) is 3.54. The molecule has 0 atom stereocenters. The SMILES string of the molecule is Cl.Cl.c1nc(CN2CCCCCC2)no1. The molecule has 6 heteroatoms. The summed E-state index contributed by atoms with van der Waals surface area (Å²) in [5.74, 6) is 0.807. The Kier molecular flexibility index (Phi) is 7.74. The monoisotopic (exact) mass is 253 g/mol. The predicted octanol–water partition coefficient (Wildman–Crippen LogP) is 2.29. The number of hydrogen-bond acceptors (Lipinski definition) is 4. The average molecular weight is 254 g/mol. The first-order chi connectivity index (χ1) is 6.45. The zero-order valence-electron chi connectivity index (χ0n) is 8.59. The molecule has 15 heavy (non-hydrogen) atoms. The van der Waals surface area contributed by atoms with Crippen LogP contribution in [0.2, 0.25) is 0 Å². The molecule has 0 bridgehead atoms. The minimum absolute atomic E-state index is 0. The van der Waals surface area contributed by atoms with Crippen LogP contribution in [0.1, 0.15) is 31.5 Å². The largest absolute Gasteiger partial charge is 0.343 e. The third-order valence-corrected chi connectivity index (χ3v) is 2.47. The fourth-order valence-corrected chi connectivity index (χ4v) is 1.76. The van der Waals surface area contributed by atoms with Crippen LogP contribution in [-0.4, -0.2) is 28.1 Å². The summed E-state index contributed by atoms with van der Waals surface area (Å²) in [5, 5.41) is 3.81. The van der Waals surface area contributed by atoms with Crippen LogP contribution < -0.4 is 0 Å². The van der Waals surface area contributed by atoms with E-state index >= 15 is 0 Å². The van der Waals surface area contributed by atoms with Gasteiger partial charge in [0.2, 0.25) is 6.39 Å². The van der Waals surface area contributed by atoms with E-state index in [9.17, 15) is 0 Å². The summed E-state index contributed by atoms with van der Waals surface area (Å²) >= 11 is 0. The van der Waals surface area contributed by atoms with Crippen molar-refractivity contribution in [3.63, 3.8) is 0 Å². The summed E-state index contributed by atoms with van der Waals surface area (Å²) in [5.41, 5.74) is 0. The molecule has 0 amide bonds. The van der Waals surface area contributed by atoms with Gasteiger partial charge in [0.25, 0.3) is 0 Å². The van der Waals surface area contributed by atoms with Crippen molar-refractivity contribution in [1.29, 1.82) is 0 Å². The van der Waals surface area contributed by atoms with Crippen LogP contribution in [0.5, 0.6) is 0 Å². The summed E-state index contributed by atoms with van der Waals surface area (Å²) in [6.45, 7) is 3.19. The molecule has 1 aliphatic rings. The minimum Gasteiger partial charge on any atom is -0.343 e. The Bertz CT molecular complexity index is 236. The molecule has 0 radical (unpaired) electrons. The maximum atomic E-state index is 4.70.